The van der Waals surface area contributed by atoms with Gasteiger partial charge in [0.15, 0.2) is 0 Å². The van der Waals surface area contributed by atoms with Gasteiger partial charge in [0.25, 0.3) is 0 Å². The van der Waals surface area contributed by atoms with E-state index < -0.39 is 6.10 Å². The van der Waals surface area contributed by atoms with Crippen LogP contribution in [0, 0.1) is 0 Å². The molecule has 2 atom stereocenters. The third-order valence-electron chi connectivity index (χ3n) is 5.21. The van der Waals surface area contributed by atoms with Gasteiger partial charge in [-0.2, -0.15) is 0 Å². The minimum Gasteiger partial charge on any atom is -0.491 e. The molecule has 3 nitrogen and oxygen atoms in total. The quantitative estimate of drug-likeness (QED) is 0.852. The molecule has 2 aromatic carbocycles. The molecule has 0 heterocycles. The summed E-state index contributed by atoms with van der Waals surface area (Å²) in [5.41, 5.74) is 5.36. The highest BCUT2D eigenvalue weighted by Gasteiger charge is 2.19. The summed E-state index contributed by atoms with van der Waals surface area (Å²) >= 11 is 0. The van der Waals surface area contributed by atoms with E-state index in [9.17, 15) is 5.11 Å². The van der Waals surface area contributed by atoms with E-state index in [1.165, 1.54) is 22.3 Å². The van der Waals surface area contributed by atoms with Crippen LogP contribution in [-0.4, -0.2) is 30.4 Å². The first-order chi connectivity index (χ1) is 12.3. The van der Waals surface area contributed by atoms with Gasteiger partial charge in [-0.3, -0.25) is 0 Å². The molecule has 2 N–H and O–H groups in total. The second kappa shape index (κ2) is 7.42. The van der Waals surface area contributed by atoms with Crippen LogP contribution in [0.15, 0.2) is 48.5 Å². The van der Waals surface area contributed by atoms with Crippen LogP contribution in [0.1, 0.15) is 28.7 Å². The number of benzene rings is 2. The molecule has 2 aromatic rings. The summed E-state index contributed by atoms with van der Waals surface area (Å²) in [7, 11) is 0. The monoisotopic (exact) mass is 335 g/mol. The molecule has 0 aliphatic heterocycles. The van der Waals surface area contributed by atoms with Gasteiger partial charge in [0.1, 0.15) is 18.5 Å². The van der Waals surface area contributed by atoms with E-state index >= 15 is 0 Å². The predicted molar refractivity (Wildman–Crippen MR) is 101 cm³/mol. The largest absolute Gasteiger partial charge is 0.491 e. The Morgan fingerprint density at radius 3 is 2.92 bits per heavy atom. The SMILES string of the molecule is OC(CNC1CCc2ccccc2C1)COc1cccc2c1CC=C2. The number of aliphatic hydroxyl groups is 1. The fourth-order valence-corrected chi connectivity index (χ4v) is 3.82. The highest BCUT2D eigenvalue weighted by atomic mass is 16.5. The fraction of sp³-hybridized carbons (Fsp3) is 0.364. The van der Waals surface area contributed by atoms with Crippen LogP contribution in [0.2, 0.25) is 0 Å². The molecule has 0 saturated heterocycles. The Kier molecular flexibility index (Phi) is 4.86. The topological polar surface area (TPSA) is 41.5 Å². The Labute approximate surface area is 149 Å². The Balaban J connectivity index is 1.25. The molecule has 2 aliphatic carbocycles. The molecule has 0 radical (unpaired) electrons. The van der Waals surface area contributed by atoms with Gasteiger partial charge in [-0.1, -0.05) is 48.6 Å². The maximum Gasteiger partial charge on any atom is 0.123 e. The van der Waals surface area contributed by atoms with Crippen LogP contribution in [-0.2, 0) is 19.3 Å². The van der Waals surface area contributed by atoms with Crippen molar-refractivity contribution in [2.75, 3.05) is 13.2 Å². The average Bonchev–Trinajstić information content (AvgIpc) is 3.14. The first-order valence-electron chi connectivity index (χ1n) is 9.19. The molecular formula is C22H25NO2. The highest BCUT2D eigenvalue weighted by Crippen LogP contribution is 2.28. The number of hydrogen-bond donors (Lipinski definition) is 2. The molecule has 0 bridgehead atoms. The standard InChI is InChI=1S/C22H25NO2/c24-20(15-25-22-10-4-8-17-7-3-9-21(17)22)14-23-19-12-11-16-5-1-2-6-18(16)13-19/h1-8,10,19-20,23-24H,9,11-15H2. The van der Waals surface area contributed by atoms with E-state index in [2.05, 4.69) is 47.8 Å². The van der Waals surface area contributed by atoms with Crippen molar-refractivity contribution in [1.29, 1.82) is 0 Å². The van der Waals surface area contributed by atoms with Gasteiger partial charge in [-0.15, -0.1) is 0 Å². The molecule has 130 valence electrons. The van der Waals surface area contributed by atoms with Crippen molar-refractivity contribution >= 4 is 6.08 Å². The minimum atomic E-state index is -0.498. The summed E-state index contributed by atoms with van der Waals surface area (Å²) in [5.74, 6) is 0.896. The van der Waals surface area contributed by atoms with Gasteiger partial charge in [0.2, 0.25) is 0 Å². The molecule has 0 fully saturated rings. The van der Waals surface area contributed by atoms with Crippen molar-refractivity contribution in [3.8, 4) is 5.75 Å². The fourth-order valence-electron chi connectivity index (χ4n) is 3.82. The van der Waals surface area contributed by atoms with E-state index in [1.807, 2.05) is 12.1 Å². The summed E-state index contributed by atoms with van der Waals surface area (Å²) in [4.78, 5) is 0. The first kappa shape index (κ1) is 16.4. The molecular weight excluding hydrogens is 310 g/mol. The van der Waals surface area contributed by atoms with Crippen LogP contribution in [0.25, 0.3) is 6.08 Å². The molecule has 25 heavy (non-hydrogen) atoms. The van der Waals surface area contributed by atoms with Crippen molar-refractivity contribution < 1.29 is 9.84 Å². The van der Waals surface area contributed by atoms with Crippen molar-refractivity contribution in [3.63, 3.8) is 0 Å². The number of ether oxygens (including phenoxy) is 1. The lowest BCUT2D eigenvalue weighted by molar-refractivity contribution is 0.102. The zero-order valence-electron chi connectivity index (χ0n) is 14.4. The van der Waals surface area contributed by atoms with Crippen molar-refractivity contribution in [2.24, 2.45) is 0 Å². The summed E-state index contributed by atoms with van der Waals surface area (Å²) in [5, 5.41) is 13.8. The van der Waals surface area contributed by atoms with Gasteiger partial charge < -0.3 is 15.2 Å². The van der Waals surface area contributed by atoms with E-state index in [1.54, 1.807) is 0 Å². The Morgan fingerprint density at radius 2 is 2.00 bits per heavy atom. The van der Waals surface area contributed by atoms with E-state index in [4.69, 9.17) is 4.74 Å². The number of aryl methyl sites for hydroxylation is 1. The van der Waals surface area contributed by atoms with Crippen molar-refractivity contribution in [1.82, 2.24) is 5.32 Å². The number of hydrogen-bond acceptors (Lipinski definition) is 3. The summed E-state index contributed by atoms with van der Waals surface area (Å²) in [6, 6.07) is 15.2. The molecule has 0 saturated carbocycles. The third-order valence-corrected chi connectivity index (χ3v) is 5.21. The number of allylic oxidation sites excluding steroid dienone is 1. The van der Waals surface area contributed by atoms with E-state index in [0.29, 0.717) is 19.2 Å². The predicted octanol–water partition coefficient (Wildman–Crippen LogP) is 3.14. The number of rotatable bonds is 6. The zero-order valence-corrected chi connectivity index (χ0v) is 14.4. The van der Waals surface area contributed by atoms with Crippen LogP contribution >= 0.6 is 0 Å². The molecule has 0 spiro atoms. The van der Waals surface area contributed by atoms with Crippen molar-refractivity contribution in [3.05, 3.63) is 70.8 Å². The lowest BCUT2D eigenvalue weighted by Crippen LogP contribution is -2.40. The number of aliphatic hydroxyl groups excluding tert-OH is 1. The van der Waals surface area contributed by atoms with Crippen molar-refractivity contribution in [2.45, 2.75) is 37.8 Å². The summed E-state index contributed by atoms with van der Waals surface area (Å²) in [6.07, 6.45) is 7.98. The third kappa shape index (κ3) is 3.78. The van der Waals surface area contributed by atoms with Crippen LogP contribution in [0.5, 0.6) is 5.75 Å². The molecule has 2 aliphatic rings. The van der Waals surface area contributed by atoms with Gasteiger partial charge in [0, 0.05) is 18.2 Å². The lowest BCUT2D eigenvalue weighted by Gasteiger charge is -2.26. The van der Waals surface area contributed by atoms with Gasteiger partial charge in [0.05, 0.1) is 0 Å². The maximum atomic E-state index is 10.3. The lowest BCUT2D eigenvalue weighted by atomic mass is 9.88. The zero-order chi connectivity index (χ0) is 17.1. The smallest absolute Gasteiger partial charge is 0.123 e. The Bertz CT molecular complexity index is 768. The number of nitrogens with one attached hydrogen (secondary N) is 1. The average molecular weight is 335 g/mol. The Hall–Kier alpha value is -2.10. The van der Waals surface area contributed by atoms with Crippen LogP contribution < -0.4 is 10.1 Å². The summed E-state index contributed by atoms with van der Waals surface area (Å²) < 4.78 is 5.88. The van der Waals surface area contributed by atoms with Crippen LogP contribution in [0.3, 0.4) is 0 Å². The maximum absolute atomic E-state index is 10.3. The summed E-state index contributed by atoms with van der Waals surface area (Å²) in [6.45, 7) is 0.896. The van der Waals surface area contributed by atoms with Gasteiger partial charge >= 0.3 is 0 Å². The Morgan fingerprint density at radius 1 is 1.12 bits per heavy atom. The van der Waals surface area contributed by atoms with Gasteiger partial charge in [-0.05, 0) is 48.4 Å². The highest BCUT2D eigenvalue weighted by molar-refractivity contribution is 5.63. The number of fused-ring (bicyclic) bond motifs is 2. The first-order valence-corrected chi connectivity index (χ1v) is 9.19. The second-order valence-corrected chi connectivity index (χ2v) is 7.01. The molecule has 0 amide bonds. The van der Waals surface area contributed by atoms with Crippen LogP contribution in [0.4, 0.5) is 0 Å². The molecule has 3 heteroatoms. The van der Waals surface area contributed by atoms with Gasteiger partial charge in [-0.25, -0.2) is 0 Å². The van der Waals surface area contributed by atoms with E-state index in [0.717, 1.165) is 31.4 Å². The normalized spacial score (nSPS) is 19.3. The second-order valence-electron chi connectivity index (χ2n) is 7.01. The van der Waals surface area contributed by atoms with E-state index in [-0.39, 0.29) is 0 Å². The molecule has 0 aromatic heterocycles. The molecule has 4 rings (SSSR count). The minimum absolute atomic E-state index is 0.326. The molecule has 2 unspecified atom stereocenters.